The van der Waals surface area contributed by atoms with E-state index < -0.39 is 0 Å². The van der Waals surface area contributed by atoms with Crippen molar-refractivity contribution >= 4 is 0 Å². The highest BCUT2D eigenvalue weighted by molar-refractivity contribution is 5.35. The summed E-state index contributed by atoms with van der Waals surface area (Å²) in [6.45, 7) is 1.17. The van der Waals surface area contributed by atoms with Crippen LogP contribution in [-0.4, -0.2) is 19.7 Å². The largest absolute Gasteiger partial charge is 0.497 e. The van der Waals surface area contributed by atoms with Gasteiger partial charge in [-0.2, -0.15) is 0 Å². The third kappa shape index (κ3) is 1.95. The number of rotatable bonds is 2. The van der Waals surface area contributed by atoms with Gasteiger partial charge in [-0.05, 0) is 55.3 Å². The fraction of sp³-hybridized carbons (Fsp3) is 0.600. The summed E-state index contributed by atoms with van der Waals surface area (Å²) in [4.78, 5) is 0. The molecule has 2 heteroatoms. The first-order chi connectivity index (χ1) is 8.32. The van der Waals surface area contributed by atoms with Crippen LogP contribution in [0.2, 0.25) is 0 Å². The molecular formula is C15H21NO. The molecule has 2 fully saturated rings. The van der Waals surface area contributed by atoms with Crippen molar-refractivity contribution < 1.29 is 4.74 Å². The third-order valence-electron chi connectivity index (χ3n) is 4.56. The molecule has 0 unspecified atom stereocenters. The third-order valence-corrected chi connectivity index (χ3v) is 4.56. The van der Waals surface area contributed by atoms with E-state index >= 15 is 0 Å². The molecule has 2 atom stereocenters. The van der Waals surface area contributed by atoms with Crippen LogP contribution in [0.5, 0.6) is 5.75 Å². The highest BCUT2D eigenvalue weighted by Crippen LogP contribution is 2.44. The van der Waals surface area contributed by atoms with E-state index in [1.165, 1.54) is 44.2 Å². The zero-order valence-electron chi connectivity index (χ0n) is 10.5. The molecule has 1 aliphatic heterocycles. The van der Waals surface area contributed by atoms with Crippen LogP contribution in [0.4, 0.5) is 0 Å². The Morgan fingerprint density at radius 3 is 3.18 bits per heavy atom. The first-order valence-corrected chi connectivity index (χ1v) is 6.70. The fourth-order valence-electron chi connectivity index (χ4n) is 3.64. The van der Waals surface area contributed by atoms with Gasteiger partial charge in [0.05, 0.1) is 7.11 Å². The number of piperidine rings is 1. The van der Waals surface area contributed by atoms with Crippen LogP contribution in [0.3, 0.4) is 0 Å². The number of benzene rings is 1. The number of ether oxygens (including phenoxy) is 1. The SMILES string of the molecule is COc1cccc([C@]23CCC[C@H](C2)NCC3)c1. The van der Waals surface area contributed by atoms with Crippen LogP contribution in [0.15, 0.2) is 24.3 Å². The van der Waals surface area contributed by atoms with Gasteiger partial charge in [0.2, 0.25) is 0 Å². The molecule has 92 valence electrons. The fourth-order valence-corrected chi connectivity index (χ4v) is 3.64. The standard InChI is InChI=1S/C15H21NO/c1-17-14-6-2-4-12(10-14)15-7-3-5-13(11-15)16-9-8-15/h2,4,6,10,13,16H,3,5,7-9,11H2,1H3/t13-,15+/m1/s1. The second-order valence-corrected chi connectivity index (χ2v) is 5.51. The highest BCUT2D eigenvalue weighted by atomic mass is 16.5. The molecule has 1 heterocycles. The molecule has 1 saturated carbocycles. The Labute approximate surface area is 103 Å². The zero-order chi connectivity index (χ0) is 11.7. The van der Waals surface area contributed by atoms with Crippen LogP contribution in [-0.2, 0) is 5.41 Å². The van der Waals surface area contributed by atoms with E-state index in [0.29, 0.717) is 5.41 Å². The van der Waals surface area contributed by atoms with E-state index in [1.807, 2.05) is 6.07 Å². The molecule has 3 rings (SSSR count). The molecule has 0 spiro atoms. The van der Waals surface area contributed by atoms with Crippen LogP contribution >= 0.6 is 0 Å². The molecule has 1 aromatic rings. The minimum atomic E-state index is 0.419. The second-order valence-electron chi connectivity index (χ2n) is 5.51. The van der Waals surface area contributed by atoms with Crippen molar-refractivity contribution in [2.75, 3.05) is 13.7 Å². The summed E-state index contributed by atoms with van der Waals surface area (Å²) in [5.41, 5.74) is 1.91. The molecular weight excluding hydrogens is 210 g/mol. The minimum Gasteiger partial charge on any atom is -0.497 e. The summed E-state index contributed by atoms with van der Waals surface area (Å²) in [6, 6.07) is 9.45. The van der Waals surface area contributed by atoms with E-state index in [9.17, 15) is 0 Å². The van der Waals surface area contributed by atoms with Crippen molar-refractivity contribution in [2.24, 2.45) is 0 Å². The Balaban J connectivity index is 1.94. The second kappa shape index (κ2) is 4.34. The van der Waals surface area contributed by atoms with Crippen LogP contribution in [0.1, 0.15) is 37.7 Å². The van der Waals surface area contributed by atoms with E-state index in [0.717, 1.165) is 11.8 Å². The van der Waals surface area contributed by atoms with Gasteiger partial charge in [0, 0.05) is 6.04 Å². The maximum Gasteiger partial charge on any atom is 0.119 e. The van der Waals surface area contributed by atoms with Crippen molar-refractivity contribution in [3.05, 3.63) is 29.8 Å². The van der Waals surface area contributed by atoms with Gasteiger partial charge in [0.25, 0.3) is 0 Å². The lowest BCUT2D eigenvalue weighted by Gasteiger charge is -2.46. The molecule has 17 heavy (non-hydrogen) atoms. The van der Waals surface area contributed by atoms with E-state index in [1.54, 1.807) is 7.11 Å². The maximum absolute atomic E-state index is 5.36. The summed E-state index contributed by atoms with van der Waals surface area (Å²) in [6.07, 6.45) is 6.63. The number of fused-ring (bicyclic) bond motifs is 2. The summed E-state index contributed by atoms with van der Waals surface area (Å²) in [5, 5.41) is 3.64. The van der Waals surface area contributed by atoms with Crippen molar-refractivity contribution in [3.63, 3.8) is 0 Å². The number of hydrogen-bond donors (Lipinski definition) is 1. The van der Waals surface area contributed by atoms with Gasteiger partial charge in [-0.1, -0.05) is 18.6 Å². The van der Waals surface area contributed by atoms with E-state index in [2.05, 4.69) is 23.5 Å². The molecule has 1 aliphatic carbocycles. The summed E-state index contributed by atoms with van der Waals surface area (Å²) < 4.78 is 5.36. The van der Waals surface area contributed by atoms with Gasteiger partial charge < -0.3 is 10.1 Å². The van der Waals surface area contributed by atoms with Crippen molar-refractivity contribution in [1.82, 2.24) is 5.32 Å². The average Bonchev–Trinajstić information content (AvgIpc) is 2.39. The number of hydrogen-bond acceptors (Lipinski definition) is 2. The summed E-state index contributed by atoms with van der Waals surface area (Å²) in [7, 11) is 1.75. The Kier molecular flexibility index (Phi) is 2.83. The lowest BCUT2D eigenvalue weighted by atomic mass is 9.64. The van der Waals surface area contributed by atoms with E-state index in [-0.39, 0.29) is 0 Å². The number of nitrogens with one attached hydrogen (secondary N) is 1. The topological polar surface area (TPSA) is 21.3 Å². The van der Waals surface area contributed by atoms with Gasteiger partial charge in [0.15, 0.2) is 0 Å². The average molecular weight is 231 g/mol. The predicted molar refractivity (Wildman–Crippen MR) is 69.5 cm³/mol. The molecule has 0 amide bonds. The molecule has 1 aromatic carbocycles. The molecule has 1 N–H and O–H groups in total. The molecule has 2 nitrogen and oxygen atoms in total. The minimum absolute atomic E-state index is 0.419. The van der Waals surface area contributed by atoms with Crippen molar-refractivity contribution in [2.45, 2.75) is 43.6 Å². The molecule has 1 saturated heterocycles. The van der Waals surface area contributed by atoms with Gasteiger partial charge in [0.1, 0.15) is 5.75 Å². The van der Waals surface area contributed by atoms with Crippen LogP contribution < -0.4 is 10.1 Å². The first kappa shape index (κ1) is 11.1. The van der Waals surface area contributed by atoms with Crippen LogP contribution in [0.25, 0.3) is 0 Å². The summed E-state index contributed by atoms with van der Waals surface area (Å²) in [5.74, 6) is 0.998. The van der Waals surface area contributed by atoms with Crippen molar-refractivity contribution in [3.8, 4) is 5.75 Å². The van der Waals surface area contributed by atoms with E-state index in [4.69, 9.17) is 4.74 Å². The molecule has 0 radical (unpaired) electrons. The normalized spacial score (nSPS) is 32.2. The van der Waals surface area contributed by atoms with Crippen molar-refractivity contribution in [1.29, 1.82) is 0 Å². The smallest absolute Gasteiger partial charge is 0.119 e. The quantitative estimate of drug-likeness (QED) is 0.845. The Morgan fingerprint density at radius 1 is 1.35 bits per heavy atom. The Bertz CT molecular complexity index is 392. The molecule has 0 aromatic heterocycles. The Morgan fingerprint density at radius 2 is 2.29 bits per heavy atom. The maximum atomic E-state index is 5.36. The number of methoxy groups -OCH3 is 1. The molecule has 2 aliphatic rings. The lowest BCUT2D eigenvalue weighted by Crippen LogP contribution is -2.49. The first-order valence-electron chi connectivity index (χ1n) is 6.70. The van der Waals surface area contributed by atoms with Gasteiger partial charge in [-0.15, -0.1) is 0 Å². The van der Waals surface area contributed by atoms with Gasteiger partial charge >= 0.3 is 0 Å². The molecule has 2 bridgehead atoms. The zero-order valence-corrected chi connectivity index (χ0v) is 10.5. The summed E-state index contributed by atoms with van der Waals surface area (Å²) >= 11 is 0. The van der Waals surface area contributed by atoms with Gasteiger partial charge in [-0.3, -0.25) is 0 Å². The van der Waals surface area contributed by atoms with Gasteiger partial charge in [-0.25, -0.2) is 0 Å². The van der Waals surface area contributed by atoms with Crippen LogP contribution in [0, 0.1) is 0 Å². The highest BCUT2D eigenvalue weighted by Gasteiger charge is 2.40. The Hall–Kier alpha value is -1.02. The predicted octanol–water partition coefficient (Wildman–Crippen LogP) is 2.87. The monoisotopic (exact) mass is 231 g/mol. The lowest BCUT2D eigenvalue weighted by molar-refractivity contribution is 0.180.